The summed E-state index contributed by atoms with van der Waals surface area (Å²) in [6.07, 6.45) is 0. The van der Waals surface area contributed by atoms with Crippen LogP contribution in [0.1, 0.15) is 39.0 Å². The Hall–Kier alpha value is -1.47. The molecule has 0 spiro atoms. The van der Waals surface area contributed by atoms with E-state index >= 15 is 0 Å². The molecule has 20 heavy (non-hydrogen) atoms. The third-order valence-electron chi connectivity index (χ3n) is 2.82. The van der Waals surface area contributed by atoms with Crippen molar-refractivity contribution in [3.63, 3.8) is 0 Å². The van der Waals surface area contributed by atoms with E-state index in [4.69, 9.17) is 5.73 Å². The van der Waals surface area contributed by atoms with Crippen LogP contribution in [0, 0.1) is 13.8 Å². The van der Waals surface area contributed by atoms with Crippen molar-refractivity contribution in [2.24, 2.45) is 5.73 Å². The summed E-state index contributed by atoms with van der Waals surface area (Å²) in [5, 5.41) is 2.10. The lowest BCUT2D eigenvalue weighted by molar-refractivity contribution is 0.0118. The highest BCUT2D eigenvalue weighted by molar-refractivity contribution is 6.02. The second kappa shape index (κ2) is 6.81. The third-order valence-corrected chi connectivity index (χ3v) is 2.82. The molecule has 1 rings (SSSR count). The molecule has 0 aliphatic rings. The number of H-pyrrole nitrogens is 1. The summed E-state index contributed by atoms with van der Waals surface area (Å²) < 4.78 is 25.9. The number of nitrogens with two attached hydrogens (primary N) is 1. The molecule has 4 N–H and O–H groups in total. The minimum Gasteiger partial charge on any atom is -0.354 e. The molecule has 1 heterocycles. The van der Waals surface area contributed by atoms with Crippen molar-refractivity contribution in [3.05, 3.63) is 22.5 Å². The predicted octanol–water partition coefficient (Wildman–Crippen LogP) is 1.58. The van der Waals surface area contributed by atoms with Gasteiger partial charge in [-0.05, 0) is 26.3 Å². The second-order valence-electron chi connectivity index (χ2n) is 4.42. The molecular weight excluding hydrogens is 292 g/mol. The Labute approximate surface area is 121 Å². The number of halogens is 3. The number of alkyl halides is 2. The average Bonchev–Trinajstić information content (AvgIpc) is 2.62. The number of hydrogen-bond acceptors (Lipinski definition) is 3. The Balaban J connectivity index is 0.00000361. The molecule has 1 amide bonds. The SMILES string of the molecule is CC(=O)c1c(C)[nH]c(C(=O)NCC(F)(F)CN)c1C.Cl. The number of rotatable bonds is 5. The van der Waals surface area contributed by atoms with Crippen LogP contribution in [0.5, 0.6) is 0 Å². The lowest BCUT2D eigenvalue weighted by Gasteiger charge is -2.14. The maximum absolute atomic E-state index is 12.9. The lowest BCUT2D eigenvalue weighted by Crippen LogP contribution is -2.41. The molecule has 0 atom stereocenters. The first kappa shape index (κ1) is 18.5. The van der Waals surface area contributed by atoms with Crippen LogP contribution in [-0.4, -0.2) is 35.7 Å². The summed E-state index contributed by atoms with van der Waals surface area (Å²) in [7, 11) is 0. The van der Waals surface area contributed by atoms with Crippen LogP contribution >= 0.6 is 12.4 Å². The topological polar surface area (TPSA) is 88.0 Å². The highest BCUT2D eigenvalue weighted by atomic mass is 35.5. The van der Waals surface area contributed by atoms with Gasteiger partial charge >= 0.3 is 0 Å². The van der Waals surface area contributed by atoms with Crippen LogP contribution in [0.2, 0.25) is 0 Å². The van der Waals surface area contributed by atoms with Crippen molar-refractivity contribution >= 4 is 24.1 Å². The van der Waals surface area contributed by atoms with Gasteiger partial charge in [-0.1, -0.05) is 0 Å². The molecule has 0 fully saturated rings. The smallest absolute Gasteiger partial charge is 0.277 e. The molecule has 0 bridgehead atoms. The average molecular weight is 310 g/mol. The molecule has 114 valence electrons. The van der Waals surface area contributed by atoms with E-state index in [0.717, 1.165) is 0 Å². The van der Waals surface area contributed by atoms with Crippen molar-refractivity contribution in [2.45, 2.75) is 26.7 Å². The van der Waals surface area contributed by atoms with Gasteiger partial charge in [0.25, 0.3) is 11.8 Å². The van der Waals surface area contributed by atoms with Gasteiger partial charge in [0.2, 0.25) is 0 Å². The molecule has 5 nitrogen and oxygen atoms in total. The molecular formula is C12H18ClF2N3O2. The van der Waals surface area contributed by atoms with Gasteiger partial charge in [0.05, 0.1) is 13.1 Å². The van der Waals surface area contributed by atoms with Crippen LogP contribution < -0.4 is 11.1 Å². The number of Topliss-reactive ketones (excluding diaryl/α,β-unsaturated/α-hetero) is 1. The van der Waals surface area contributed by atoms with E-state index in [1.54, 1.807) is 13.8 Å². The van der Waals surface area contributed by atoms with Crippen molar-refractivity contribution in [1.82, 2.24) is 10.3 Å². The van der Waals surface area contributed by atoms with Crippen LogP contribution in [0.3, 0.4) is 0 Å². The maximum atomic E-state index is 12.9. The Morgan fingerprint density at radius 1 is 1.35 bits per heavy atom. The van der Waals surface area contributed by atoms with Crippen LogP contribution in [0.15, 0.2) is 0 Å². The van der Waals surface area contributed by atoms with Crippen LogP contribution in [0.25, 0.3) is 0 Å². The molecule has 0 saturated heterocycles. The first-order valence-electron chi connectivity index (χ1n) is 5.76. The molecule has 0 aromatic carbocycles. The van der Waals surface area contributed by atoms with Gasteiger partial charge in [-0.2, -0.15) is 0 Å². The lowest BCUT2D eigenvalue weighted by atomic mass is 10.1. The highest BCUT2D eigenvalue weighted by Gasteiger charge is 2.28. The fourth-order valence-electron chi connectivity index (χ4n) is 1.88. The van der Waals surface area contributed by atoms with E-state index in [2.05, 4.69) is 10.3 Å². The number of amides is 1. The largest absolute Gasteiger partial charge is 0.354 e. The minimum absolute atomic E-state index is 0. The van der Waals surface area contributed by atoms with Crippen molar-refractivity contribution in [1.29, 1.82) is 0 Å². The first-order chi connectivity index (χ1) is 8.69. The predicted molar refractivity (Wildman–Crippen MR) is 73.9 cm³/mol. The number of hydrogen-bond donors (Lipinski definition) is 3. The number of carbonyl (C=O) groups excluding carboxylic acids is 2. The van der Waals surface area contributed by atoms with Crippen molar-refractivity contribution < 1.29 is 18.4 Å². The van der Waals surface area contributed by atoms with E-state index < -0.39 is 24.9 Å². The molecule has 0 saturated carbocycles. The van der Waals surface area contributed by atoms with Crippen molar-refractivity contribution in [2.75, 3.05) is 13.1 Å². The van der Waals surface area contributed by atoms with E-state index in [9.17, 15) is 18.4 Å². The van der Waals surface area contributed by atoms with Crippen LogP contribution in [0.4, 0.5) is 8.78 Å². The van der Waals surface area contributed by atoms with Crippen LogP contribution in [-0.2, 0) is 0 Å². The number of aryl methyl sites for hydroxylation is 1. The van der Waals surface area contributed by atoms with Crippen molar-refractivity contribution in [3.8, 4) is 0 Å². The molecule has 8 heteroatoms. The van der Waals surface area contributed by atoms with E-state index in [0.29, 0.717) is 16.8 Å². The maximum Gasteiger partial charge on any atom is 0.277 e. The quantitative estimate of drug-likeness (QED) is 0.722. The standard InChI is InChI=1S/C12H17F2N3O2.ClH/c1-6-9(8(3)18)7(2)17-10(6)11(19)16-5-12(13,14)4-15;/h17H,4-5,15H2,1-3H3,(H,16,19);1H. The Bertz CT molecular complexity index is 515. The summed E-state index contributed by atoms with van der Waals surface area (Å²) in [6.45, 7) is 2.95. The second-order valence-corrected chi connectivity index (χ2v) is 4.42. The summed E-state index contributed by atoms with van der Waals surface area (Å²) in [5.41, 5.74) is 6.41. The van der Waals surface area contributed by atoms with Gasteiger partial charge in [-0.15, -0.1) is 12.4 Å². The summed E-state index contributed by atoms with van der Waals surface area (Å²) in [5.74, 6) is -4.01. The van der Waals surface area contributed by atoms with Gasteiger partial charge in [-0.25, -0.2) is 8.78 Å². The fourth-order valence-corrected chi connectivity index (χ4v) is 1.88. The fraction of sp³-hybridized carbons (Fsp3) is 0.500. The highest BCUT2D eigenvalue weighted by Crippen LogP contribution is 2.18. The summed E-state index contributed by atoms with van der Waals surface area (Å²) in [6, 6.07) is 0. The zero-order valence-corrected chi connectivity index (χ0v) is 12.3. The summed E-state index contributed by atoms with van der Waals surface area (Å²) >= 11 is 0. The minimum atomic E-state index is -3.14. The molecule has 0 unspecified atom stereocenters. The Morgan fingerprint density at radius 2 is 1.90 bits per heavy atom. The van der Waals surface area contributed by atoms with E-state index in [1.807, 2.05) is 0 Å². The van der Waals surface area contributed by atoms with Gasteiger partial charge in [-0.3, -0.25) is 9.59 Å². The number of ketones is 1. The number of carbonyl (C=O) groups is 2. The Kier molecular flexibility index (Phi) is 6.31. The number of aromatic nitrogens is 1. The zero-order valence-electron chi connectivity index (χ0n) is 11.5. The first-order valence-corrected chi connectivity index (χ1v) is 5.76. The molecule has 1 aromatic heterocycles. The zero-order chi connectivity index (χ0) is 14.8. The summed E-state index contributed by atoms with van der Waals surface area (Å²) in [4.78, 5) is 25.9. The normalized spacial score (nSPS) is 10.9. The number of nitrogens with one attached hydrogen (secondary N) is 2. The molecule has 0 radical (unpaired) electrons. The molecule has 1 aromatic rings. The Morgan fingerprint density at radius 3 is 2.30 bits per heavy atom. The van der Waals surface area contributed by atoms with Gasteiger partial charge in [0, 0.05) is 11.3 Å². The van der Waals surface area contributed by atoms with E-state index in [-0.39, 0.29) is 23.9 Å². The third kappa shape index (κ3) is 4.01. The van der Waals surface area contributed by atoms with Gasteiger partial charge < -0.3 is 16.0 Å². The number of aromatic amines is 1. The molecule has 0 aliphatic heterocycles. The van der Waals surface area contributed by atoms with Gasteiger partial charge in [0.1, 0.15) is 5.69 Å². The molecule has 0 aliphatic carbocycles. The monoisotopic (exact) mass is 309 g/mol. The van der Waals surface area contributed by atoms with E-state index in [1.165, 1.54) is 6.92 Å². The van der Waals surface area contributed by atoms with Gasteiger partial charge in [0.15, 0.2) is 5.78 Å².